The maximum absolute atomic E-state index is 13.7. The molecule has 1 unspecified atom stereocenters. The van der Waals surface area contributed by atoms with Crippen molar-refractivity contribution in [3.8, 4) is 5.75 Å². The van der Waals surface area contributed by atoms with Gasteiger partial charge in [-0.25, -0.2) is 4.39 Å². The predicted molar refractivity (Wildman–Crippen MR) is 134 cm³/mol. The number of methoxy groups -OCH3 is 1. The molecule has 0 saturated carbocycles. The van der Waals surface area contributed by atoms with Gasteiger partial charge in [0.05, 0.1) is 25.0 Å². The molecule has 190 valence electrons. The number of aliphatic carboxylic acids is 1. The molecular weight excluding hydrogens is 447 g/mol. The lowest BCUT2D eigenvalue weighted by atomic mass is 9.71. The SMILES string of the molecule is CCCCN(CCCC)C(=O)CC1(c2ccc(OC)cc2)NC[C@@H](c2ccc(F)cc2)[C@@H]1C(=O)O. The normalized spacial score (nSPS) is 21.6. The fourth-order valence-corrected chi connectivity index (χ4v) is 5.12. The molecule has 2 aromatic carbocycles. The quantitative estimate of drug-likeness (QED) is 0.446. The van der Waals surface area contributed by atoms with E-state index in [0.29, 0.717) is 25.4 Å². The third-order valence-electron chi connectivity index (χ3n) is 7.09. The van der Waals surface area contributed by atoms with Crippen LogP contribution in [0.2, 0.25) is 0 Å². The van der Waals surface area contributed by atoms with Crippen molar-refractivity contribution in [2.75, 3.05) is 26.7 Å². The minimum absolute atomic E-state index is 0.0292. The van der Waals surface area contributed by atoms with Gasteiger partial charge < -0.3 is 20.1 Å². The minimum atomic E-state index is -1.11. The van der Waals surface area contributed by atoms with Crippen LogP contribution in [0, 0.1) is 11.7 Å². The van der Waals surface area contributed by atoms with Gasteiger partial charge in [0.15, 0.2) is 0 Å². The molecule has 7 heteroatoms. The maximum Gasteiger partial charge on any atom is 0.309 e. The van der Waals surface area contributed by atoms with Crippen molar-refractivity contribution in [3.05, 3.63) is 65.5 Å². The van der Waals surface area contributed by atoms with Crippen molar-refractivity contribution in [3.63, 3.8) is 0 Å². The van der Waals surface area contributed by atoms with Crippen LogP contribution in [0.3, 0.4) is 0 Å². The molecule has 2 aromatic rings. The summed E-state index contributed by atoms with van der Waals surface area (Å²) in [6.45, 7) is 5.87. The van der Waals surface area contributed by atoms with E-state index >= 15 is 0 Å². The number of amides is 1. The molecule has 1 fully saturated rings. The summed E-state index contributed by atoms with van der Waals surface area (Å²) in [6.07, 6.45) is 3.78. The number of carbonyl (C=O) groups excluding carboxylic acids is 1. The number of hydrogen-bond acceptors (Lipinski definition) is 4. The van der Waals surface area contributed by atoms with E-state index in [9.17, 15) is 19.1 Å². The highest BCUT2D eigenvalue weighted by Gasteiger charge is 2.55. The summed E-state index contributed by atoms with van der Waals surface area (Å²) < 4.78 is 18.9. The topological polar surface area (TPSA) is 78.9 Å². The minimum Gasteiger partial charge on any atom is -0.497 e. The molecule has 1 saturated heterocycles. The summed E-state index contributed by atoms with van der Waals surface area (Å²) >= 11 is 0. The third kappa shape index (κ3) is 6.01. The highest BCUT2D eigenvalue weighted by atomic mass is 19.1. The van der Waals surface area contributed by atoms with E-state index < -0.39 is 23.3 Å². The smallest absolute Gasteiger partial charge is 0.309 e. The van der Waals surface area contributed by atoms with Gasteiger partial charge in [-0.2, -0.15) is 0 Å². The van der Waals surface area contributed by atoms with E-state index in [1.54, 1.807) is 31.4 Å². The third-order valence-corrected chi connectivity index (χ3v) is 7.09. The number of halogens is 1. The molecule has 1 heterocycles. The highest BCUT2D eigenvalue weighted by Crippen LogP contribution is 2.47. The Morgan fingerprint density at radius 1 is 1.06 bits per heavy atom. The fourth-order valence-electron chi connectivity index (χ4n) is 5.12. The van der Waals surface area contributed by atoms with E-state index in [0.717, 1.165) is 36.8 Å². The number of benzene rings is 2. The molecule has 3 rings (SSSR count). The number of carboxylic acid groups (broad SMARTS) is 1. The van der Waals surface area contributed by atoms with E-state index in [1.807, 2.05) is 17.0 Å². The lowest BCUT2D eigenvalue weighted by molar-refractivity contribution is -0.145. The van der Waals surface area contributed by atoms with Crippen LogP contribution in [-0.2, 0) is 15.1 Å². The number of nitrogens with one attached hydrogen (secondary N) is 1. The molecule has 0 spiro atoms. The lowest BCUT2D eigenvalue weighted by Gasteiger charge is -2.37. The first-order chi connectivity index (χ1) is 16.9. The van der Waals surface area contributed by atoms with Crippen LogP contribution in [0.25, 0.3) is 0 Å². The zero-order valence-corrected chi connectivity index (χ0v) is 20.9. The Morgan fingerprint density at radius 2 is 1.66 bits per heavy atom. The van der Waals surface area contributed by atoms with Crippen molar-refractivity contribution < 1.29 is 23.8 Å². The zero-order chi connectivity index (χ0) is 25.4. The summed E-state index contributed by atoms with van der Waals surface area (Å²) in [5.41, 5.74) is 0.364. The first kappa shape index (κ1) is 26.7. The Kier molecular flexibility index (Phi) is 9.26. The first-order valence-corrected chi connectivity index (χ1v) is 12.5. The van der Waals surface area contributed by atoms with E-state index in [2.05, 4.69) is 19.2 Å². The molecule has 2 N–H and O–H groups in total. The molecule has 0 aromatic heterocycles. The molecule has 0 radical (unpaired) electrons. The van der Waals surface area contributed by atoms with Crippen molar-refractivity contribution >= 4 is 11.9 Å². The van der Waals surface area contributed by atoms with Gasteiger partial charge in [0.25, 0.3) is 0 Å². The van der Waals surface area contributed by atoms with Crippen LogP contribution in [-0.4, -0.2) is 48.6 Å². The average Bonchev–Trinajstić information content (AvgIpc) is 3.25. The van der Waals surface area contributed by atoms with E-state index in [-0.39, 0.29) is 18.1 Å². The molecular formula is C28H37FN2O4. The van der Waals surface area contributed by atoms with Crippen molar-refractivity contribution in [2.24, 2.45) is 5.92 Å². The van der Waals surface area contributed by atoms with Gasteiger partial charge in [0, 0.05) is 25.6 Å². The molecule has 1 aliphatic rings. The largest absolute Gasteiger partial charge is 0.497 e. The van der Waals surface area contributed by atoms with Crippen LogP contribution in [0.4, 0.5) is 4.39 Å². The molecule has 1 aliphatic heterocycles. The molecule has 3 atom stereocenters. The number of ether oxygens (including phenoxy) is 1. The van der Waals surface area contributed by atoms with Gasteiger partial charge in [-0.15, -0.1) is 0 Å². The molecule has 0 aliphatic carbocycles. The van der Waals surface area contributed by atoms with E-state index in [1.165, 1.54) is 12.1 Å². The van der Waals surface area contributed by atoms with Crippen LogP contribution in [0.15, 0.2) is 48.5 Å². The second-order valence-electron chi connectivity index (χ2n) is 9.32. The van der Waals surface area contributed by atoms with Crippen LogP contribution >= 0.6 is 0 Å². The number of rotatable bonds is 12. The standard InChI is InChI=1S/C28H37FN2O4/c1-4-6-16-31(17-7-5-2)25(32)18-28(21-10-14-23(35-3)15-11-21)26(27(33)34)24(19-30-28)20-8-12-22(29)13-9-20/h8-15,24,26,30H,4-7,16-19H2,1-3H3,(H,33,34)/t24-,26+,28?/m0/s1. The Balaban J connectivity index is 2.04. The maximum atomic E-state index is 13.7. The van der Waals surface area contributed by atoms with Gasteiger partial charge >= 0.3 is 5.97 Å². The molecule has 0 bridgehead atoms. The van der Waals surface area contributed by atoms with Crippen molar-refractivity contribution in [1.29, 1.82) is 0 Å². The number of hydrogen-bond donors (Lipinski definition) is 2. The Morgan fingerprint density at radius 3 is 2.17 bits per heavy atom. The van der Waals surface area contributed by atoms with Crippen LogP contribution in [0.5, 0.6) is 5.75 Å². The highest BCUT2D eigenvalue weighted by molar-refractivity contribution is 5.82. The number of nitrogens with zero attached hydrogens (tertiary/aromatic N) is 1. The summed E-state index contributed by atoms with van der Waals surface area (Å²) in [5.74, 6) is -2.08. The second kappa shape index (κ2) is 12.2. The van der Waals surface area contributed by atoms with Crippen molar-refractivity contribution in [1.82, 2.24) is 10.2 Å². The summed E-state index contributed by atoms with van der Waals surface area (Å²) in [5, 5.41) is 13.9. The lowest BCUT2D eigenvalue weighted by Crippen LogP contribution is -2.49. The van der Waals surface area contributed by atoms with Crippen molar-refractivity contribution in [2.45, 2.75) is 57.4 Å². The number of carboxylic acids is 1. The van der Waals surface area contributed by atoms with Gasteiger partial charge in [-0.05, 0) is 48.2 Å². The summed E-state index contributed by atoms with van der Waals surface area (Å²) in [4.78, 5) is 28.4. The molecule has 6 nitrogen and oxygen atoms in total. The van der Waals surface area contributed by atoms with Gasteiger partial charge in [-0.3, -0.25) is 9.59 Å². The monoisotopic (exact) mass is 484 g/mol. The second-order valence-corrected chi connectivity index (χ2v) is 9.32. The van der Waals surface area contributed by atoms with Crippen LogP contribution < -0.4 is 10.1 Å². The predicted octanol–water partition coefficient (Wildman–Crippen LogP) is 4.94. The van der Waals surface area contributed by atoms with Crippen LogP contribution in [0.1, 0.15) is 63.0 Å². The fraction of sp³-hybridized carbons (Fsp3) is 0.500. The van der Waals surface area contributed by atoms with Gasteiger partial charge in [0.1, 0.15) is 11.6 Å². The Hall–Kier alpha value is -2.93. The zero-order valence-electron chi connectivity index (χ0n) is 20.9. The first-order valence-electron chi connectivity index (χ1n) is 12.5. The number of unbranched alkanes of at least 4 members (excludes halogenated alkanes) is 2. The summed E-state index contributed by atoms with van der Waals surface area (Å²) in [7, 11) is 1.58. The average molecular weight is 485 g/mol. The van der Waals surface area contributed by atoms with Gasteiger partial charge in [-0.1, -0.05) is 51.0 Å². The van der Waals surface area contributed by atoms with Gasteiger partial charge in [0.2, 0.25) is 5.91 Å². The van der Waals surface area contributed by atoms with E-state index in [4.69, 9.17) is 4.74 Å². The Labute approximate surface area is 207 Å². The number of carbonyl (C=O) groups is 2. The molecule has 1 amide bonds. The Bertz CT molecular complexity index is 971. The molecule has 35 heavy (non-hydrogen) atoms. The summed E-state index contributed by atoms with van der Waals surface area (Å²) in [6, 6.07) is 13.2.